The highest BCUT2D eigenvalue weighted by molar-refractivity contribution is 7.16. The Morgan fingerprint density at radius 1 is 1.50 bits per heavy atom. The summed E-state index contributed by atoms with van der Waals surface area (Å²) < 4.78 is 0.750. The quantitative estimate of drug-likeness (QED) is 0.874. The Hall–Kier alpha value is -0.580. The summed E-state index contributed by atoms with van der Waals surface area (Å²) in [7, 11) is 0. The number of nitrogens with two attached hydrogens (primary N) is 1. The minimum Gasteiger partial charge on any atom is -0.336 e. The summed E-state index contributed by atoms with van der Waals surface area (Å²) in [6, 6.07) is 3.40. The van der Waals surface area contributed by atoms with Crippen LogP contribution in [0.3, 0.4) is 0 Å². The van der Waals surface area contributed by atoms with Crippen molar-refractivity contribution in [2.24, 2.45) is 11.7 Å². The third-order valence-electron chi connectivity index (χ3n) is 3.21. The Morgan fingerprint density at radius 3 is 2.61 bits per heavy atom. The second kappa shape index (κ2) is 7.12. The molecule has 0 aliphatic heterocycles. The van der Waals surface area contributed by atoms with Gasteiger partial charge < -0.3 is 10.6 Å². The zero-order valence-corrected chi connectivity index (χ0v) is 12.7. The maximum atomic E-state index is 12.3. The molecule has 0 radical (unpaired) electrons. The molecule has 0 saturated heterocycles. The lowest BCUT2D eigenvalue weighted by Crippen LogP contribution is -2.46. The van der Waals surface area contributed by atoms with Gasteiger partial charge in [0, 0.05) is 11.4 Å². The van der Waals surface area contributed by atoms with E-state index in [4.69, 9.17) is 17.3 Å². The first-order valence-corrected chi connectivity index (χ1v) is 7.47. The molecule has 1 heterocycles. The van der Waals surface area contributed by atoms with E-state index in [2.05, 4.69) is 0 Å². The maximum Gasteiger partial charge on any atom is 0.240 e. The van der Waals surface area contributed by atoms with Crippen LogP contribution in [-0.2, 0) is 11.3 Å². The average Bonchev–Trinajstić information content (AvgIpc) is 2.78. The van der Waals surface area contributed by atoms with Gasteiger partial charge in [0.05, 0.1) is 16.9 Å². The number of hydrogen-bond acceptors (Lipinski definition) is 3. The van der Waals surface area contributed by atoms with E-state index >= 15 is 0 Å². The predicted octanol–water partition coefficient (Wildman–Crippen LogP) is 3.12. The molecule has 102 valence electrons. The van der Waals surface area contributed by atoms with E-state index in [1.807, 2.05) is 32.9 Å². The van der Waals surface area contributed by atoms with Crippen molar-refractivity contribution in [2.45, 2.75) is 39.8 Å². The van der Waals surface area contributed by atoms with Crippen LogP contribution < -0.4 is 5.73 Å². The topological polar surface area (TPSA) is 46.3 Å². The number of rotatable bonds is 6. The molecule has 0 bridgehead atoms. The standard InChI is InChI=1S/C13H21ClN2OS/c1-4-9(3)12(15)13(17)16(5-2)8-10-6-7-11(14)18-10/h6-7,9,12H,4-5,8,15H2,1-3H3/t9?,12-/m0/s1. The second-order valence-electron chi connectivity index (χ2n) is 4.47. The highest BCUT2D eigenvalue weighted by atomic mass is 35.5. The number of hydrogen-bond donors (Lipinski definition) is 1. The van der Waals surface area contributed by atoms with Gasteiger partial charge in [-0.05, 0) is 25.0 Å². The third-order valence-corrected chi connectivity index (χ3v) is 4.43. The molecule has 0 aromatic carbocycles. The van der Waals surface area contributed by atoms with Crippen LogP contribution >= 0.6 is 22.9 Å². The first-order chi connectivity index (χ1) is 8.49. The fourth-order valence-corrected chi connectivity index (χ4v) is 2.78. The lowest BCUT2D eigenvalue weighted by Gasteiger charge is -2.26. The average molecular weight is 289 g/mol. The zero-order chi connectivity index (χ0) is 13.7. The zero-order valence-electron chi connectivity index (χ0n) is 11.1. The smallest absolute Gasteiger partial charge is 0.240 e. The van der Waals surface area contributed by atoms with Gasteiger partial charge in [-0.25, -0.2) is 0 Å². The molecular formula is C13H21ClN2OS. The molecule has 1 aromatic rings. The lowest BCUT2D eigenvalue weighted by atomic mass is 9.99. The van der Waals surface area contributed by atoms with Gasteiger partial charge in [0.1, 0.15) is 0 Å². The molecule has 3 nitrogen and oxygen atoms in total. The van der Waals surface area contributed by atoms with Gasteiger partial charge in [-0.2, -0.15) is 0 Å². The van der Waals surface area contributed by atoms with Crippen LogP contribution in [0.15, 0.2) is 12.1 Å². The molecule has 1 rings (SSSR count). The maximum absolute atomic E-state index is 12.3. The van der Waals surface area contributed by atoms with Crippen LogP contribution in [0.2, 0.25) is 4.34 Å². The van der Waals surface area contributed by atoms with Crippen molar-refractivity contribution in [2.75, 3.05) is 6.54 Å². The third kappa shape index (κ3) is 3.97. The van der Waals surface area contributed by atoms with Gasteiger partial charge >= 0.3 is 0 Å². The predicted molar refractivity (Wildman–Crippen MR) is 77.9 cm³/mol. The minimum absolute atomic E-state index is 0.0244. The van der Waals surface area contributed by atoms with E-state index in [-0.39, 0.29) is 11.8 Å². The summed E-state index contributed by atoms with van der Waals surface area (Å²) in [5.41, 5.74) is 5.99. The van der Waals surface area contributed by atoms with Crippen molar-refractivity contribution in [1.29, 1.82) is 0 Å². The molecule has 1 aromatic heterocycles. The molecular weight excluding hydrogens is 268 g/mol. The number of likely N-dealkylation sites (N-methyl/N-ethyl adjacent to an activating group) is 1. The Bertz CT molecular complexity index is 394. The van der Waals surface area contributed by atoms with Crippen LogP contribution in [-0.4, -0.2) is 23.4 Å². The largest absolute Gasteiger partial charge is 0.336 e. The van der Waals surface area contributed by atoms with Crippen molar-refractivity contribution in [1.82, 2.24) is 4.90 Å². The van der Waals surface area contributed by atoms with Gasteiger partial charge in [-0.1, -0.05) is 31.9 Å². The van der Waals surface area contributed by atoms with Crippen LogP contribution in [0.4, 0.5) is 0 Å². The van der Waals surface area contributed by atoms with Crippen molar-refractivity contribution < 1.29 is 4.79 Å². The number of carbonyl (C=O) groups excluding carboxylic acids is 1. The second-order valence-corrected chi connectivity index (χ2v) is 6.27. The Morgan fingerprint density at radius 2 is 2.17 bits per heavy atom. The van der Waals surface area contributed by atoms with E-state index < -0.39 is 6.04 Å². The summed E-state index contributed by atoms with van der Waals surface area (Å²) in [4.78, 5) is 15.1. The number of carbonyl (C=O) groups is 1. The van der Waals surface area contributed by atoms with Gasteiger partial charge in [0.2, 0.25) is 5.91 Å². The minimum atomic E-state index is -0.412. The van der Waals surface area contributed by atoms with Crippen molar-refractivity contribution in [3.8, 4) is 0 Å². The van der Waals surface area contributed by atoms with E-state index in [0.717, 1.165) is 15.6 Å². The fraction of sp³-hybridized carbons (Fsp3) is 0.615. The number of amides is 1. The summed E-state index contributed by atoms with van der Waals surface area (Å²) in [5, 5.41) is 0. The first-order valence-electron chi connectivity index (χ1n) is 6.28. The van der Waals surface area contributed by atoms with Crippen LogP contribution in [0.5, 0.6) is 0 Å². The summed E-state index contributed by atoms with van der Waals surface area (Å²) in [5.74, 6) is 0.231. The first kappa shape index (κ1) is 15.5. The number of halogens is 1. The monoisotopic (exact) mass is 288 g/mol. The number of thiophene rings is 1. The molecule has 18 heavy (non-hydrogen) atoms. The molecule has 0 spiro atoms. The fourth-order valence-electron chi connectivity index (χ4n) is 1.68. The van der Waals surface area contributed by atoms with E-state index in [0.29, 0.717) is 13.1 Å². The van der Waals surface area contributed by atoms with Gasteiger partial charge in [0.25, 0.3) is 0 Å². The Balaban J connectivity index is 2.68. The molecule has 5 heteroatoms. The summed E-state index contributed by atoms with van der Waals surface area (Å²) in [6.45, 7) is 7.29. The van der Waals surface area contributed by atoms with E-state index in [1.165, 1.54) is 11.3 Å². The van der Waals surface area contributed by atoms with Crippen LogP contribution in [0, 0.1) is 5.92 Å². The van der Waals surface area contributed by atoms with Crippen LogP contribution in [0.25, 0.3) is 0 Å². The number of nitrogens with zero attached hydrogens (tertiary/aromatic N) is 1. The molecule has 0 aliphatic rings. The van der Waals surface area contributed by atoms with E-state index in [9.17, 15) is 4.79 Å². The Labute approximate surface area is 118 Å². The van der Waals surface area contributed by atoms with Gasteiger partial charge in [-0.15, -0.1) is 11.3 Å². The van der Waals surface area contributed by atoms with Crippen LogP contribution in [0.1, 0.15) is 32.1 Å². The highest BCUT2D eigenvalue weighted by Crippen LogP contribution is 2.23. The summed E-state index contributed by atoms with van der Waals surface area (Å²) >= 11 is 7.40. The molecule has 1 amide bonds. The molecule has 0 saturated carbocycles. The molecule has 1 unspecified atom stereocenters. The molecule has 2 N–H and O–H groups in total. The molecule has 0 fully saturated rings. The summed E-state index contributed by atoms with van der Waals surface area (Å²) in [6.07, 6.45) is 0.912. The van der Waals surface area contributed by atoms with Gasteiger partial charge in [-0.3, -0.25) is 4.79 Å². The SMILES string of the molecule is CCC(C)[C@H](N)C(=O)N(CC)Cc1ccc(Cl)s1. The van der Waals surface area contributed by atoms with E-state index in [1.54, 1.807) is 4.90 Å². The van der Waals surface area contributed by atoms with Crippen molar-refractivity contribution >= 4 is 28.8 Å². The highest BCUT2D eigenvalue weighted by Gasteiger charge is 2.24. The lowest BCUT2D eigenvalue weighted by molar-refractivity contribution is -0.134. The van der Waals surface area contributed by atoms with Crippen molar-refractivity contribution in [3.63, 3.8) is 0 Å². The van der Waals surface area contributed by atoms with Gasteiger partial charge in [0.15, 0.2) is 0 Å². The Kier molecular flexibility index (Phi) is 6.12. The van der Waals surface area contributed by atoms with Crippen molar-refractivity contribution in [3.05, 3.63) is 21.3 Å². The molecule has 0 aliphatic carbocycles. The normalized spacial score (nSPS) is 14.3. The molecule has 2 atom stereocenters.